The maximum atomic E-state index is 14.5. The average molecular weight is 410 g/mol. The first-order valence-electron chi connectivity index (χ1n) is 10.2. The van der Waals surface area contributed by atoms with Crippen LogP contribution in [-0.4, -0.2) is 28.8 Å². The number of nitrogens with zero attached hydrogens (tertiary/aromatic N) is 2. The van der Waals surface area contributed by atoms with Crippen LogP contribution in [0.1, 0.15) is 47.3 Å². The van der Waals surface area contributed by atoms with Crippen LogP contribution in [0.2, 0.25) is 0 Å². The predicted molar refractivity (Wildman–Crippen MR) is 112 cm³/mol. The van der Waals surface area contributed by atoms with Crippen LogP contribution in [0.25, 0.3) is 5.69 Å². The molecule has 2 N–H and O–H groups in total. The molecule has 1 aliphatic heterocycles. The molecule has 0 atom stereocenters. The van der Waals surface area contributed by atoms with Crippen LogP contribution in [0.4, 0.5) is 14.5 Å². The Morgan fingerprint density at radius 3 is 2.70 bits per heavy atom. The third-order valence-electron chi connectivity index (χ3n) is 5.56. The van der Waals surface area contributed by atoms with Gasteiger partial charge in [0.15, 0.2) is 5.82 Å². The second-order valence-electron chi connectivity index (χ2n) is 7.44. The van der Waals surface area contributed by atoms with E-state index in [1.54, 1.807) is 0 Å². The van der Waals surface area contributed by atoms with E-state index in [9.17, 15) is 13.6 Å². The van der Waals surface area contributed by atoms with Crippen molar-refractivity contribution in [3.8, 4) is 5.69 Å². The van der Waals surface area contributed by atoms with Crippen LogP contribution in [0.15, 0.2) is 48.7 Å². The zero-order valence-electron chi connectivity index (χ0n) is 16.8. The van der Waals surface area contributed by atoms with Gasteiger partial charge in [-0.05, 0) is 56.1 Å². The maximum Gasteiger partial charge on any atom is 0.259 e. The lowest BCUT2D eigenvalue weighted by molar-refractivity contribution is 0.102. The Hall–Kier alpha value is -3.06. The first-order chi connectivity index (χ1) is 14.6. The van der Waals surface area contributed by atoms with Crippen molar-refractivity contribution in [1.29, 1.82) is 0 Å². The summed E-state index contributed by atoms with van der Waals surface area (Å²) in [4.78, 5) is 13.2. The topological polar surface area (TPSA) is 59.0 Å². The third-order valence-corrected chi connectivity index (χ3v) is 5.56. The van der Waals surface area contributed by atoms with Crippen LogP contribution in [-0.2, 0) is 6.42 Å². The molecule has 156 valence electrons. The molecule has 30 heavy (non-hydrogen) atoms. The molecule has 7 heteroatoms. The first kappa shape index (κ1) is 20.2. The summed E-state index contributed by atoms with van der Waals surface area (Å²) in [7, 11) is 0. The number of rotatable bonds is 5. The standard InChI is InChI=1S/C23H24F2N4O/c1-2-15-5-3-4-6-20(15)28-23(30)18-14-27-29(21-8-7-17(24)13-19(21)25)22(18)16-9-11-26-12-10-16/h3-8,13-14,16,26H,2,9-12H2,1H3,(H,28,30). The summed E-state index contributed by atoms with van der Waals surface area (Å²) >= 11 is 0. The molecule has 1 aliphatic rings. The highest BCUT2D eigenvalue weighted by atomic mass is 19.1. The number of hydrogen-bond acceptors (Lipinski definition) is 3. The van der Waals surface area contributed by atoms with E-state index in [4.69, 9.17) is 0 Å². The summed E-state index contributed by atoms with van der Waals surface area (Å²) in [5.74, 6) is -1.60. The van der Waals surface area contributed by atoms with E-state index in [0.717, 1.165) is 49.7 Å². The zero-order chi connectivity index (χ0) is 21.1. The molecule has 1 amide bonds. The zero-order valence-corrected chi connectivity index (χ0v) is 16.8. The summed E-state index contributed by atoms with van der Waals surface area (Å²) in [6.45, 7) is 3.64. The molecule has 2 aromatic carbocycles. The fourth-order valence-electron chi connectivity index (χ4n) is 4.01. The second-order valence-corrected chi connectivity index (χ2v) is 7.44. The van der Waals surface area contributed by atoms with Crippen molar-refractivity contribution in [3.63, 3.8) is 0 Å². The Kier molecular flexibility index (Phi) is 5.90. The molecule has 1 aromatic heterocycles. The molecule has 0 radical (unpaired) electrons. The van der Waals surface area contributed by atoms with Crippen molar-refractivity contribution in [2.75, 3.05) is 18.4 Å². The summed E-state index contributed by atoms with van der Waals surface area (Å²) in [5, 5.41) is 10.6. The van der Waals surface area contributed by atoms with E-state index >= 15 is 0 Å². The Morgan fingerprint density at radius 1 is 1.20 bits per heavy atom. The molecular weight excluding hydrogens is 386 g/mol. The lowest BCUT2D eigenvalue weighted by Gasteiger charge is -2.25. The highest BCUT2D eigenvalue weighted by Gasteiger charge is 2.28. The van der Waals surface area contributed by atoms with Gasteiger partial charge in [-0.2, -0.15) is 5.10 Å². The molecule has 2 heterocycles. The molecule has 0 spiro atoms. The van der Waals surface area contributed by atoms with E-state index in [2.05, 4.69) is 15.7 Å². The lowest BCUT2D eigenvalue weighted by atomic mass is 9.91. The van der Waals surface area contributed by atoms with Gasteiger partial charge in [-0.25, -0.2) is 13.5 Å². The number of amides is 1. The number of hydrogen-bond donors (Lipinski definition) is 2. The summed E-state index contributed by atoms with van der Waals surface area (Å²) in [6.07, 6.45) is 3.88. The number of anilines is 1. The molecule has 1 saturated heterocycles. The number of aryl methyl sites for hydroxylation is 1. The lowest BCUT2D eigenvalue weighted by Crippen LogP contribution is -2.29. The number of benzene rings is 2. The third kappa shape index (κ3) is 3.98. The normalized spacial score (nSPS) is 14.6. The minimum absolute atomic E-state index is 0.0420. The van der Waals surface area contributed by atoms with Crippen LogP contribution in [0, 0.1) is 11.6 Å². The van der Waals surface area contributed by atoms with Gasteiger partial charge in [0.2, 0.25) is 0 Å². The number of nitrogens with one attached hydrogen (secondary N) is 2. The van der Waals surface area contributed by atoms with Gasteiger partial charge >= 0.3 is 0 Å². The van der Waals surface area contributed by atoms with Crippen LogP contribution >= 0.6 is 0 Å². The molecule has 5 nitrogen and oxygen atoms in total. The van der Waals surface area contributed by atoms with Gasteiger partial charge in [0.25, 0.3) is 5.91 Å². The number of halogens is 2. The molecule has 0 bridgehead atoms. The number of carbonyl (C=O) groups is 1. The molecule has 0 aliphatic carbocycles. The number of aromatic nitrogens is 2. The molecule has 0 saturated carbocycles. The van der Waals surface area contributed by atoms with Crippen LogP contribution < -0.4 is 10.6 Å². The van der Waals surface area contributed by atoms with Crippen molar-refractivity contribution in [3.05, 3.63) is 77.1 Å². The Bertz CT molecular complexity index is 1060. The molecule has 0 unspecified atom stereocenters. The highest BCUT2D eigenvalue weighted by Crippen LogP contribution is 2.31. The fourth-order valence-corrected chi connectivity index (χ4v) is 4.01. The quantitative estimate of drug-likeness (QED) is 0.654. The minimum atomic E-state index is -0.712. The van der Waals surface area contributed by atoms with Crippen molar-refractivity contribution in [1.82, 2.24) is 15.1 Å². The molecule has 1 fully saturated rings. The second kappa shape index (κ2) is 8.75. The molecule has 4 rings (SSSR count). The van der Waals surface area contributed by atoms with Gasteiger partial charge in [-0.3, -0.25) is 4.79 Å². The summed E-state index contributed by atoms with van der Waals surface area (Å²) in [5.41, 5.74) is 3.00. The molecule has 3 aromatic rings. The van der Waals surface area contributed by atoms with E-state index in [0.29, 0.717) is 11.3 Å². The SMILES string of the molecule is CCc1ccccc1NC(=O)c1cnn(-c2ccc(F)cc2F)c1C1CCNCC1. The summed E-state index contributed by atoms with van der Waals surface area (Å²) in [6, 6.07) is 11.0. The van der Waals surface area contributed by atoms with Crippen molar-refractivity contribution in [2.24, 2.45) is 0 Å². The minimum Gasteiger partial charge on any atom is -0.322 e. The largest absolute Gasteiger partial charge is 0.322 e. The highest BCUT2D eigenvalue weighted by molar-refractivity contribution is 6.05. The van der Waals surface area contributed by atoms with Crippen molar-refractivity contribution >= 4 is 11.6 Å². The number of piperidine rings is 1. The number of para-hydroxylation sites is 1. The van der Waals surface area contributed by atoms with E-state index in [1.165, 1.54) is 23.0 Å². The number of carbonyl (C=O) groups excluding carboxylic acids is 1. The monoisotopic (exact) mass is 410 g/mol. The van der Waals surface area contributed by atoms with Crippen molar-refractivity contribution < 1.29 is 13.6 Å². The first-order valence-corrected chi connectivity index (χ1v) is 10.2. The Morgan fingerprint density at radius 2 is 1.97 bits per heavy atom. The van der Waals surface area contributed by atoms with Crippen molar-refractivity contribution in [2.45, 2.75) is 32.1 Å². The predicted octanol–water partition coefficient (Wildman–Crippen LogP) is 4.43. The Balaban J connectivity index is 1.75. The van der Waals surface area contributed by atoms with Crippen LogP contribution in [0.5, 0.6) is 0 Å². The van der Waals surface area contributed by atoms with Gasteiger partial charge in [0.1, 0.15) is 11.5 Å². The van der Waals surface area contributed by atoms with Gasteiger partial charge in [0, 0.05) is 17.7 Å². The van der Waals surface area contributed by atoms with E-state index in [-0.39, 0.29) is 17.5 Å². The van der Waals surface area contributed by atoms with Gasteiger partial charge in [0.05, 0.1) is 17.5 Å². The fraction of sp³-hybridized carbons (Fsp3) is 0.304. The van der Waals surface area contributed by atoms with Gasteiger partial charge < -0.3 is 10.6 Å². The van der Waals surface area contributed by atoms with Crippen LogP contribution in [0.3, 0.4) is 0 Å². The Labute approximate surface area is 174 Å². The molecular formula is C23H24F2N4O. The maximum absolute atomic E-state index is 14.5. The average Bonchev–Trinajstić information content (AvgIpc) is 3.19. The van der Waals surface area contributed by atoms with Gasteiger partial charge in [-0.15, -0.1) is 0 Å². The summed E-state index contributed by atoms with van der Waals surface area (Å²) < 4.78 is 29.4. The van der Waals surface area contributed by atoms with E-state index < -0.39 is 11.6 Å². The van der Waals surface area contributed by atoms with Gasteiger partial charge in [-0.1, -0.05) is 25.1 Å². The van der Waals surface area contributed by atoms with E-state index in [1.807, 2.05) is 31.2 Å². The smallest absolute Gasteiger partial charge is 0.259 e.